The van der Waals surface area contributed by atoms with Gasteiger partial charge in [-0.25, -0.2) is 0 Å². The highest BCUT2D eigenvalue weighted by Gasteiger charge is 2.40. The Bertz CT molecular complexity index is 1130. The Morgan fingerprint density at radius 3 is 2.70 bits per heavy atom. The molecule has 33 heavy (non-hydrogen) atoms. The summed E-state index contributed by atoms with van der Waals surface area (Å²) < 4.78 is 0. The van der Waals surface area contributed by atoms with Crippen LogP contribution in [0.2, 0.25) is 0 Å². The fourth-order valence-electron chi connectivity index (χ4n) is 5.44. The lowest BCUT2D eigenvalue weighted by molar-refractivity contribution is -0.136. The van der Waals surface area contributed by atoms with Gasteiger partial charge in [-0.15, -0.1) is 0 Å². The summed E-state index contributed by atoms with van der Waals surface area (Å²) in [5, 5.41) is 5.60. The fraction of sp³-hybridized carbons (Fsp3) is 0.423. The van der Waals surface area contributed by atoms with Crippen molar-refractivity contribution in [2.75, 3.05) is 11.9 Å². The molecule has 0 saturated carbocycles. The van der Waals surface area contributed by atoms with E-state index in [9.17, 15) is 14.4 Å². The van der Waals surface area contributed by atoms with Crippen molar-refractivity contribution in [3.8, 4) is 0 Å². The third-order valence-corrected chi connectivity index (χ3v) is 7.18. The number of nitrogens with one attached hydrogen (secondary N) is 2. The molecule has 3 aliphatic heterocycles. The number of carbonyl (C=O) groups excluding carboxylic acids is 3. The lowest BCUT2D eigenvalue weighted by atomic mass is 9.93. The Kier molecular flexibility index (Phi) is 5.66. The highest BCUT2D eigenvalue weighted by molar-refractivity contribution is 6.06. The molecule has 2 atom stereocenters. The van der Waals surface area contributed by atoms with Gasteiger partial charge in [-0.1, -0.05) is 30.3 Å². The lowest BCUT2D eigenvalue weighted by Gasteiger charge is -2.38. The predicted molar refractivity (Wildman–Crippen MR) is 126 cm³/mol. The van der Waals surface area contributed by atoms with E-state index in [2.05, 4.69) is 40.7 Å². The Balaban J connectivity index is 1.43. The predicted octanol–water partition coefficient (Wildman–Crippen LogP) is 2.51. The van der Waals surface area contributed by atoms with E-state index >= 15 is 0 Å². The largest absolute Gasteiger partial charge is 0.364 e. The maximum Gasteiger partial charge on any atom is 0.255 e. The number of hydrogen-bond acceptors (Lipinski definition) is 5. The van der Waals surface area contributed by atoms with Gasteiger partial charge in [0.15, 0.2) is 0 Å². The van der Waals surface area contributed by atoms with Crippen LogP contribution in [0, 0.1) is 0 Å². The average molecular weight is 447 g/mol. The normalized spacial score (nSPS) is 22.3. The highest BCUT2D eigenvalue weighted by Crippen LogP contribution is 2.35. The molecule has 0 bridgehead atoms. The van der Waals surface area contributed by atoms with Gasteiger partial charge in [-0.05, 0) is 61.6 Å². The number of anilines is 1. The van der Waals surface area contributed by atoms with Gasteiger partial charge >= 0.3 is 0 Å². The molecule has 1 saturated heterocycles. The molecule has 2 N–H and O–H groups in total. The molecule has 3 heterocycles. The standard InChI is InChI=1S/C26H30N4O3/c1-16-6-8-18-12-17(13-27-2)7-9-21(18)29(16)14-19-4-3-5-20-15-30(26(33)24(19)20)22-10-11-23(31)28-25(22)32/h3-5,7,9,12,16,22,27H,6,8,10-11,13-15H2,1-2H3,(H,28,31,32). The second-order valence-electron chi connectivity index (χ2n) is 9.36. The molecule has 2 aromatic carbocycles. The van der Waals surface area contributed by atoms with Crippen molar-refractivity contribution in [2.45, 2.75) is 64.3 Å². The van der Waals surface area contributed by atoms with E-state index in [1.54, 1.807) is 4.90 Å². The monoisotopic (exact) mass is 446 g/mol. The van der Waals surface area contributed by atoms with Gasteiger partial charge < -0.3 is 15.1 Å². The fourth-order valence-corrected chi connectivity index (χ4v) is 5.44. The number of piperidine rings is 1. The molecular weight excluding hydrogens is 416 g/mol. The van der Waals surface area contributed by atoms with E-state index < -0.39 is 6.04 Å². The molecule has 3 aliphatic rings. The van der Waals surface area contributed by atoms with E-state index in [1.165, 1.54) is 16.8 Å². The topological polar surface area (TPSA) is 81.8 Å². The van der Waals surface area contributed by atoms with Crippen molar-refractivity contribution in [3.63, 3.8) is 0 Å². The average Bonchev–Trinajstić information content (AvgIpc) is 3.13. The molecule has 0 aromatic heterocycles. The molecule has 7 nitrogen and oxygen atoms in total. The zero-order valence-corrected chi connectivity index (χ0v) is 19.2. The maximum atomic E-state index is 13.5. The summed E-state index contributed by atoms with van der Waals surface area (Å²) in [7, 11) is 1.96. The number of carbonyl (C=O) groups is 3. The third kappa shape index (κ3) is 3.91. The summed E-state index contributed by atoms with van der Waals surface area (Å²) in [6.07, 6.45) is 2.77. The van der Waals surface area contributed by atoms with Crippen molar-refractivity contribution in [1.29, 1.82) is 0 Å². The summed E-state index contributed by atoms with van der Waals surface area (Å²) in [5.41, 5.74) is 6.53. The SMILES string of the molecule is CNCc1ccc2c(c1)CCC(C)N2Cc1cccc2c1C(=O)N(C1CCC(=O)NC1=O)C2. The second-order valence-corrected chi connectivity index (χ2v) is 9.36. The number of hydrogen-bond donors (Lipinski definition) is 2. The molecule has 0 radical (unpaired) electrons. The Morgan fingerprint density at radius 2 is 1.91 bits per heavy atom. The molecule has 1 fully saturated rings. The van der Waals surface area contributed by atoms with Gasteiger partial charge in [-0.3, -0.25) is 19.7 Å². The van der Waals surface area contributed by atoms with E-state index in [1.807, 2.05) is 25.2 Å². The molecule has 0 spiro atoms. The number of benzene rings is 2. The minimum Gasteiger partial charge on any atom is -0.364 e. The minimum absolute atomic E-state index is 0.107. The van der Waals surface area contributed by atoms with Crippen molar-refractivity contribution < 1.29 is 14.4 Å². The maximum absolute atomic E-state index is 13.5. The number of amides is 3. The third-order valence-electron chi connectivity index (χ3n) is 7.18. The number of fused-ring (bicyclic) bond motifs is 2. The summed E-state index contributed by atoms with van der Waals surface area (Å²) in [5.74, 6) is -0.744. The van der Waals surface area contributed by atoms with Crippen LogP contribution in [0.15, 0.2) is 36.4 Å². The van der Waals surface area contributed by atoms with Crippen LogP contribution in [0.4, 0.5) is 5.69 Å². The van der Waals surface area contributed by atoms with Gasteiger partial charge in [0.25, 0.3) is 5.91 Å². The zero-order valence-electron chi connectivity index (χ0n) is 19.2. The zero-order chi connectivity index (χ0) is 23.1. The van der Waals surface area contributed by atoms with Gasteiger partial charge in [-0.2, -0.15) is 0 Å². The molecule has 5 rings (SSSR count). The van der Waals surface area contributed by atoms with Crippen molar-refractivity contribution in [2.24, 2.45) is 0 Å². The summed E-state index contributed by atoms with van der Waals surface area (Å²) in [4.78, 5) is 41.5. The van der Waals surface area contributed by atoms with Crippen LogP contribution in [0.25, 0.3) is 0 Å². The van der Waals surface area contributed by atoms with Gasteiger partial charge in [0.1, 0.15) is 6.04 Å². The van der Waals surface area contributed by atoms with Crippen molar-refractivity contribution >= 4 is 23.4 Å². The lowest BCUT2D eigenvalue weighted by Crippen LogP contribution is -2.52. The van der Waals surface area contributed by atoms with Gasteiger partial charge in [0.2, 0.25) is 11.8 Å². The smallest absolute Gasteiger partial charge is 0.255 e. The quantitative estimate of drug-likeness (QED) is 0.690. The van der Waals surface area contributed by atoms with Crippen LogP contribution >= 0.6 is 0 Å². The van der Waals surface area contributed by atoms with Crippen LogP contribution in [0.3, 0.4) is 0 Å². The van der Waals surface area contributed by atoms with E-state index in [0.717, 1.165) is 30.5 Å². The molecule has 2 aromatic rings. The van der Waals surface area contributed by atoms with Crippen molar-refractivity contribution in [3.05, 3.63) is 64.2 Å². The first kappa shape index (κ1) is 21.6. The number of aryl methyl sites for hydroxylation is 1. The minimum atomic E-state index is -0.587. The van der Waals surface area contributed by atoms with E-state index in [-0.39, 0.29) is 24.1 Å². The van der Waals surface area contributed by atoms with Crippen LogP contribution < -0.4 is 15.5 Å². The van der Waals surface area contributed by atoms with Crippen LogP contribution in [0.5, 0.6) is 0 Å². The number of imide groups is 1. The highest BCUT2D eigenvalue weighted by atomic mass is 16.2. The molecule has 2 unspecified atom stereocenters. The first-order valence-corrected chi connectivity index (χ1v) is 11.7. The molecule has 172 valence electrons. The van der Waals surface area contributed by atoms with E-state index in [4.69, 9.17) is 0 Å². The van der Waals surface area contributed by atoms with Gasteiger partial charge in [0.05, 0.1) is 0 Å². The first-order chi connectivity index (χ1) is 16.0. The molecule has 7 heteroatoms. The molecule has 3 amide bonds. The van der Waals surface area contributed by atoms with E-state index in [0.29, 0.717) is 31.1 Å². The van der Waals surface area contributed by atoms with Crippen molar-refractivity contribution in [1.82, 2.24) is 15.5 Å². The Labute approximate surface area is 194 Å². The first-order valence-electron chi connectivity index (χ1n) is 11.7. The summed E-state index contributed by atoms with van der Waals surface area (Å²) in [6, 6.07) is 12.4. The van der Waals surface area contributed by atoms with Crippen LogP contribution in [-0.4, -0.2) is 41.8 Å². The second kappa shape index (κ2) is 8.63. The Hall–Kier alpha value is -3.19. The Morgan fingerprint density at radius 1 is 1.06 bits per heavy atom. The molecular formula is C26H30N4O3. The van der Waals surface area contributed by atoms with Crippen LogP contribution in [0.1, 0.15) is 58.8 Å². The molecule has 0 aliphatic carbocycles. The van der Waals surface area contributed by atoms with Gasteiger partial charge in [0, 0.05) is 43.3 Å². The number of nitrogens with zero attached hydrogens (tertiary/aromatic N) is 2. The summed E-state index contributed by atoms with van der Waals surface area (Å²) in [6.45, 7) is 4.15. The number of rotatable bonds is 5. The van der Waals surface area contributed by atoms with Crippen LogP contribution in [-0.2, 0) is 35.6 Å². The summed E-state index contributed by atoms with van der Waals surface area (Å²) >= 11 is 0.